The minimum Gasteiger partial charge on any atom is -0.328 e. The van der Waals surface area contributed by atoms with Crippen LogP contribution in [0, 0.1) is 0 Å². The molecule has 0 atom stereocenters. The maximum absolute atomic E-state index is 5.10. The Hall–Kier alpha value is -7.89. The summed E-state index contributed by atoms with van der Waals surface area (Å²) in [4.78, 5) is 9.95. The molecule has 2 aromatic heterocycles. The maximum atomic E-state index is 5.10. The quantitative estimate of drug-likeness (QED) is 0.121. The maximum Gasteiger partial charge on any atom is 0.241 e. The highest BCUT2D eigenvalue weighted by atomic mass is 15.3. The van der Waals surface area contributed by atoms with Crippen molar-refractivity contribution in [3.8, 4) is 16.9 Å². The van der Waals surface area contributed by atoms with Gasteiger partial charge in [0.1, 0.15) is 5.82 Å². The summed E-state index contributed by atoms with van der Waals surface area (Å²) in [5.41, 5.74) is 17.9. The van der Waals surface area contributed by atoms with E-state index >= 15 is 0 Å². The molecule has 5 heteroatoms. The van der Waals surface area contributed by atoms with Crippen LogP contribution in [0.1, 0.15) is 103 Å². The van der Waals surface area contributed by atoms with Crippen LogP contribution in [-0.2, 0) is 21.7 Å². The van der Waals surface area contributed by atoms with Crippen molar-refractivity contribution in [1.82, 2.24) is 9.55 Å². The standard InChI is InChI=1S/C70H69BN4/c1-67(2,3)53-35-36-72-66(45-53)75-64-34-31-50(49-23-15-11-16-24-49)39-63(64)62-33-32-58(47-65(62)75)71(57-29-21-14-22-30-57)59-41-54(68(4,5)6)42-61(46-59)74-38-37-73(48-74)60-43-55(69(7,8)51-25-17-12-18-26-51)40-56(44-60)70(9,10)52-27-19-13-20-28-52/h11-47H,48H2,1-10H3. The van der Waals surface area contributed by atoms with Crippen molar-refractivity contribution in [2.75, 3.05) is 16.5 Å². The molecule has 1 aliphatic heterocycles. The number of aromatic nitrogens is 2. The fourth-order valence-electron chi connectivity index (χ4n) is 11.2. The van der Waals surface area contributed by atoms with Gasteiger partial charge in [0, 0.05) is 51.6 Å². The molecule has 0 aliphatic carbocycles. The largest absolute Gasteiger partial charge is 0.328 e. The summed E-state index contributed by atoms with van der Waals surface area (Å²) < 4.78 is 2.39. The van der Waals surface area contributed by atoms with E-state index in [1.165, 1.54) is 83.0 Å². The highest BCUT2D eigenvalue weighted by Gasteiger charge is 2.32. The molecule has 0 bridgehead atoms. The Kier molecular flexibility index (Phi) is 12.6. The normalized spacial score (nSPS) is 13.3. The smallest absolute Gasteiger partial charge is 0.241 e. The van der Waals surface area contributed by atoms with Gasteiger partial charge in [-0.05, 0) is 110 Å². The van der Waals surface area contributed by atoms with Crippen LogP contribution in [0.4, 0.5) is 11.4 Å². The van der Waals surface area contributed by atoms with Crippen LogP contribution in [0.15, 0.2) is 225 Å². The third-order valence-corrected chi connectivity index (χ3v) is 16.1. The molecule has 372 valence electrons. The van der Waals surface area contributed by atoms with Gasteiger partial charge in [-0.25, -0.2) is 4.98 Å². The first-order chi connectivity index (χ1) is 35.9. The van der Waals surface area contributed by atoms with E-state index < -0.39 is 0 Å². The molecule has 0 N–H and O–H groups in total. The zero-order valence-corrected chi connectivity index (χ0v) is 45.4. The lowest BCUT2D eigenvalue weighted by atomic mass is 9.36. The number of nitrogens with zero attached hydrogens (tertiary/aromatic N) is 4. The van der Waals surface area contributed by atoms with Crippen molar-refractivity contribution in [2.24, 2.45) is 0 Å². The van der Waals surface area contributed by atoms with Crippen LogP contribution >= 0.6 is 0 Å². The fraction of sp³-hybridized carbons (Fsp3) is 0.214. The molecule has 4 nitrogen and oxygen atoms in total. The molecule has 0 unspecified atom stereocenters. The van der Waals surface area contributed by atoms with Crippen LogP contribution in [-0.4, -0.2) is 22.9 Å². The minimum atomic E-state index is -0.222. The molecule has 75 heavy (non-hydrogen) atoms. The number of hydrogen-bond donors (Lipinski definition) is 0. The second-order valence-corrected chi connectivity index (χ2v) is 23.9. The zero-order chi connectivity index (χ0) is 52.3. The van der Waals surface area contributed by atoms with Crippen LogP contribution in [0.2, 0.25) is 0 Å². The van der Waals surface area contributed by atoms with Crippen molar-refractivity contribution >= 4 is 56.3 Å². The molecule has 0 spiro atoms. The van der Waals surface area contributed by atoms with Crippen molar-refractivity contribution in [1.29, 1.82) is 0 Å². The SMILES string of the molecule is CC(C)(C)c1cc(B(c2ccccc2)c2ccc3c4cc(-c5ccccc5)ccc4n(-c4cc(C(C)(C)C)ccn4)c3c2)cc(N2C=CN(c3cc(C(C)(C)c4ccccc4)cc(C(C)(C)c4ccccc4)c3)C2)c1. The van der Waals surface area contributed by atoms with Gasteiger partial charge in [0.05, 0.1) is 17.7 Å². The summed E-state index contributed by atoms with van der Waals surface area (Å²) in [6.07, 6.45) is 6.51. The van der Waals surface area contributed by atoms with Crippen molar-refractivity contribution < 1.29 is 0 Å². The molecule has 11 rings (SSSR count). The first-order valence-electron chi connectivity index (χ1n) is 26.7. The molecule has 0 radical (unpaired) electrons. The number of fused-ring (bicyclic) bond motifs is 3. The van der Waals surface area contributed by atoms with Gasteiger partial charge >= 0.3 is 0 Å². The van der Waals surface area contributed by atoms with Crippen LogP contribution < -0.4 is 26.2 Å². The van der Waals surface area contributed by atoms with E-state index in [1.807, 2.05) is 6.20 Å². The third kappa shape index (κ3) is 9.50. The number of anilines is 2. The fourth-order valence-corrected chi connectivity index (χ4v) is 11.2. The lowest BCUT2D eigenvalue weighted by Crippen LogP contribution is -2.52. The second kappa shape index (κ2) is 19.1. The van der Waals surface area contributed by atoms with E-state index in [1.54, 1.807) is 0 Å². The predicted molar refractivity (Wildman–Crippen MR) is 321 cm³/mol. The van der Waals surface area contributed by atoms with Crippen molar-refractivity contribution in [3.05, 3.63) is 258 Å². The van der Waals surface area contributed by atoms with Crippen molar-refractivity contribution in [2.45, 2.75) is 90.9 Å². The van der Waals surface area contributed by atoms with Crippen LogP contribution in [0.3, 0.4) is 0 Å². The van der Waals surface area contributed by atoms with Crippen molar-refractivity contribution in [3.63, 3.8) is 0 Å². The van der Waals surface area contributed by atoms with Gasteiger partial charge in [-0.15, -0.1) is 0 Å². The molecule has 0 saturated carbocycles. The Morgan fingerprint density at radius 3 is 1.51 bits per heavy atom. The molecule has 1 aliphatic rings. The molecular formula is C70H69BN4. The Balaban J connectivity index is 1.04. The first kappa shape index (κ1) is 49.3. The van der Waals surface area contributed by atoms with Gasteiger partial charge in [0.25, 0.3) is 0 Å². The molecule has 0 fully saturated rings. The van der Waals surface area contributed by atoms with Gasteiger partial charge in [-0.1, -0.05) is 237 Å². The monoisotopic (exact) mass is 977 g/mol. The number of hydrogen-bond acceptors (Lipinski definition) is 3. The van der Waals surface area contributed by atoms with Crippen LogP contribution in [0.5, 0.6) is 0 Å². The first-order valence-corrected chi connectivity index (χ1v) is 26.7. The third-order valence-electron chi connectivity index (χ3n) is 16.1. The van der Waals surface area contributed by atoms with Gasteiger partial charge in [0.2, 0.25) is 6.71 Å². The summed E-state index contributed by atoms with van der Waals surface area (Å²) in [6.45, 7) is 23.9. The van der Waals surface area contributed by atoms with Gasteiger partial charge in [-0.2, -0.15) is 0 Å². The van der Waals surface area contributed by atoms with E-state index in [-0.39, 0.29) is 28.4 Å². The summed E-state index contributed by atoms with van der Waals surface area (Å²) in [5, 5.41) is 2.42. The molecular weight excluding hydrogens is 908 g/mol. The molecule has 0 saturated heterocycles. The lowest BCUT2D eigenvalue weighted by molar-refractivity contribution is 0.588. The second-order valence-electron chi connectivity index (χ2n) is 23.9. The molecule has 8 aromatic carbocycles. The molecule has 10 aromatic rings. The average molecular weight is 977 g/mol. The Labute approximate surface area is 446 Å². The Morgan fingerprint density at radius 2 is 0.920 bits per heavy atom. The summed E-state index contributed by atoms with van der Waals surface area (Å²) in [7, 11) is 0. The highest BCUT2D eigenvalue weighted by molar-refractivity contribution is 6.95. The van der Waals surface area contributed by atoms with Gasteiger partial charge in [-0.3, -0.25) is 4.57 Å². The van der Waals surface area contributed by atoms with Crippen LogP contribution in [0.25, 0.3) is 38.8 Å². The topological polar surface area (TPSA) is 24.3 Å². The van der Waals surface area contributed by atoms with E-state index in [4.69, 9.17) is 4.98 Å². The molecule has 3 heterocycles. The highest BCUT2D eigenvalue weighted by Crippen LogP contribution is 2.41. The summed E-state index contributed by atoms with van der Waals surface area (Å²) in [5.74, 6) is 0.926. The predicted octanol–water partition coefficient (Wildman–Crippen LogP) is 15.4. The number of benzene rings is 8. The average Bonchev–Trinajstić information content (AvgIpc) is 4.09. The van der Waals surface area contributed by atoms with E-state index in [9.17, 15) is 0 Å². The number of rotatable bonds is 11. The van der Waals surface area contributed by atoms with E-state index in [0.29, 0.717) is 6.67 Å². The van der Waals surface area contributed by atoms with E-state index in [0.717, 1.165) is 16.9 Å². The van der Waals surface area contributed by atoms with Gasteiger partial charge < -0.3 is 9.80 Å². The zero-order valence-electron chi connectivity index (χ0n) is 45.4. The minimum absolute atomic E-state index is 0.0383. The number of pyridine rings is 1. The Bertz CT molecular complexity index is 3640. The molecule has 0 amide bonds. The Morgan fingerprint density at radius 1 is 0.373 bits per heavy atom. The van der Waals surface area contributed by atoms with E-state index in [2.05, 4.69) is 302 Å². The summed E-state index contributed by atoms with van der Waals surface area (Å²) >= 11 is 0. The lowest BCUT2D eigenvalue weighted by Gasteiger charge is -2.33. The summed E-state index contributed by atoms with van der Waals surface area (Å²) in [6, 6.07) is 76.8. The van der Waals surface area contributed by atoms with Gasteiger partial charge in [0.15, 0.2) is 0 Å².